The summed E-state index contributed by atoms with van der Waals surface area (Å²) in [5.41, 5.74) is -1.73. The average Bonchev–Trinajstić information content (AvgIpc) is 2.58. The number of aromatic hydroxyl groups is 4. The van der Waals surface area contributed by atoms with E-state index in [0.717, 1.165) is 18.2 Å². The summed E-state index contributed by atoms with van der Waals surface area (Å²) >= 11 is 0. The number of ketones is 3. The molecular formula is C20H18O8. The highest BCUT2D eigenvalue weighted by atomic mass is 16.3. The molecular weight excluding hydrogens is 368 g/mol. The van der Waals surface area contributed by atoms with Gasteiger partial charge in [0.2, 0.25) is 5.78 Å². The molecule has 1 atom stereocenters. The van der Waals surface area contributed by atoms with E-state index in [4.69, 9.17) is 0 Å². The molecule has 0 radical (unpaired) electrons. The molecule has 0 amide bonds. The molecule has 1 unspecified atom stereocenters. The van der Waals surface area contributed by atoms with Gasteiger partial charge in [-0.3, -0.25) is 9.59 Å². The van der Waals surface area contributed by atoms with Crippen LogP contribution in [0.4, 0.5) is 0 Å². The third-order valence-corrected chi connectivity index (χ3v) is 4.70. The van der Waals surface area contributed by atoms with E-state index in [9.17, 15) is 39.9 Å². The Morgan fingerprint density at radius 2 is 1.57 bits per heavy atom. The lowest BCUT2D eigenvalue weighted by Gasteiger charge is -2.23. The van der Waals surface area contributed by atoms with Crippen molar-refractivity contribution < 1.29 is 39.9 Å². The molecule has 3 rings (SSSR count). The van der Waals surface area contributed by atoms with E-state index in [-0.39, 0.29) is 40.9 Å². The van der Waals surface area contributed by atoms with Crippen LogP contribution in [0.1, 0.15) is 69.7 Å². The van der Waals surface area contributed by atoms with Crippen LogP contribution in [0.2, 0.25) is 0 Å². The van der Waals surface area contributed by atoms with Gasteiger partial charge in [-0.1, -0.05) is 0 Å². The van der Waals surface area contributed by atoms with Gasteiger partial charge in [-0.25, -0.2) is 0 Å². The second-order valence-corrected chi connectivity index (χ2v) is 6.74. The van der Waals surface area contributed by atoms with Gasteiger partial charge in [0.25, 0.3) is 0 Å². The van der Waals surface area contributed by atoms with Gasteiger partial charge >= 0.3 is 0 Å². The molecule has 0 spiro atoms. The van der Waals surface area contributed by atoms with Gasteiger partial charge in [-0.15, -0.1) is 0 Å². The van der Waals surface area contributed by atoms with Crippen LogP contribution in [0.3, 0.4) is 0 Å². The minimum absolute atomic E-state index is 0.0390. The first kappa shape index (κ1) is 19.4. The molecule has 0 saturated heterocycles. The molecule has 28 heavy (non-hydrogen) atoms. The van der Waals surface area contributed by atoms with Gasteiger partial charge in [0.1, 0.15) is 28.8 Å². The summed E-state index contributed by atoms with van der Waals surface area (Å²) in [6, 6.07) is 2.86. The van der Waals surface area contributed by atoms with Crippen LogP contribution in [0, 0.1) is 0 Å². The summed E-state index contributed by atoms with van der Waals surface area (Å²) in [4.78, 5) is 36.6. The van der Waals surface area contributed by atoms with E-state index in [1.54, 1.807) is 0 Å². The number of rotatable bonds is 5. The van der Waals surface area contributed by atoms with E-state index in [0.29, 0.717) is 6.42 Å². The van der Waals surface area contributed by atoms with Crippen molar-refractivity contribution in [3.05, 3.63) is 46.0 Å². The summed E-state index contributed by atoms with van der Waals surface area (Å²) < 4.78 is 0. The van der Waals surface area contributed by atoms with Crippen molar-refractivity contribution in [2.45, 2.75) is 32.3 Å². The van der Waals surface area contributed by atoms with Crippen LogP contribution < -0.4 is 0 Å². The number of aliphatic hydroxyl groups is 1. The lowest BCUT2D eigenvalue weighted by molar-refractivity contribution is -0.117. The van der Waals surface area contributed by atoms with Crippen molar-refractivity contribution in [1.82, 2.24) is 0 Å². The van der Waals surface area contributed by atoms with E-state index < -0.39 is 46.2 Å². The number of phenols is 4. The van der Waals surface area contributed by atoms with Crippen molar-refractivity contribution in [3.63, 3.8) is 0 Å². The van der Waals surface area contributed by atoms with Crippen LogP contribution in [0.15, 0.2) is 18.2 Å². The monoisotopic (exact) mass is 386 g/mol. The first-order chi connectivity index (χ1) is 13.1. The third-order valence-electron chi connectivity index (χ3n) is 4.70. The highest BCUT2D eigenvalue weighted by molar-refractivity contribution is 6.30. The largest absolute Gasteiger partial charge is 0.508 e. The molecule has 2 aromatic rings. The summed E-state index contributed by atoms with van der Waals surface area (Å²) in [5, 5.41) is 50.7. The van der Waals surface area contributed by atoms with Crippen molar-refractivity contribution >= 4 is 17.3 Å². The molecule has 0 fully saturated rings. The number of carbonyl (C=O) groups excluding carboxylic acids is 3. The van der Waals surface area contributed by atoms with Crippen molar-refractivity contribution in [1.29, 1.82) is 0 Å². The van der Waals surface area contributed by atoms with Crippen LogP contribution in [0.25, 0.3) is 0 Å². The Kier molecular flexibility index (Phi) is 4.82. The van der Waals surface area contributed by atoms with Crippen molar-refractivity contribution in [2.24, 2.45) is 0 Å². The molecule has 0 bridgehead atoms. The first-order valence-corrected chi connectivity index (χ1v) is 8.55. The zero-order chi connectivity index (χ0) is 20.7. The van der Waals surface area contributed by atoms with E-state index in [2.05, 4.69) is 0 Å². The number of fused-ring (bicyclic) bond motifs is 2. The van der Waals surface area contributed by atoms with Crippen molar-refractivity contribution in [2.75, 3.05) is 0 Å². The Bertz CT molecular complexity index is 1020. The molecule has 5 N–H and O–H groups in total. The van der Waals surface area contributed by atoms with Gasteiger partial charge in [0.15, 0.2) is 5.78 Å². The normalized spacial score (nSPS) is 13.8. The summed E-state index contributed by atoms with van der Waals surface area (Å²) in [5.74, 6) is -4.14. The maximum Gasteiger partial charge on any atom is 0.201 e. The van der Waals surface area contributed by atoms with Crippen LogP contribution in [-0.2, 0) is 4.79 Å². The second kappa shape index (κ2) is 6.97. The molecule has 1 aliphatic rings. The minimum atomic E-state index is -1.37. The number of Topliss-reactive ketones (excluding diaryl/α,β-unsaturated/α-hetero) is 1. The molecule has 146 valence electrons. The predicted octanol–water partition coefficient (Wildman–Crippen LogP) is 2.08. The highest BCUT2D eigenvalue weighted by Gasteiger charge is 2.37. The zero-order valence-corrected chi connectivity index (χ0v) is 14.9. The first-order valence-electron chi connectivity index (χ1n) is 8.55. The number of hydrogen-bond donors (Lipinski definition) is 5. The fourth-order valence-electron chi connectivity index (χ4n) is 3.40. The molecule has 0 heterocycles. The van der Waals surface area contributed by atoms with Gasteiger partial charge in [0, 0.05) is 23.6 Å². The average molecular weight is 386 g/mol. The third kappa shape index (κ3) is 3.07. The molecule has 8 heteroatoms. The molecule has 0 aromatic heterocycles. The second-order valence-electron chi connectivity index (χ2n) is 6.74. The summed E-state index contributed by atoms with van der Waals surface area (Å²) in [6.07, 6.45) is -0.840. The number of phenolic OH excluding ortho intramolecular Hbond substituents is 4. The highest BCUT2D eigenvalue weighted by Crippen LogP contribution is 2.45. The van der Waals surface area contributed by atoms with Crippen LogP contribution >= 0.6 is 0 Å². The topological polar surface area (TPSA) is 152 Å². The Morgan fingerprint density at radius 3 is 2.21 bits per heavy atom. The molecule has 0 aliphatic heterocycles. The lowest BCUT2D eigenvalue weighted by Crippen LogP contribution is -2.22. The number of carbonyl (C=O) groups is 3. The summed E-state index contributed by atoms with van der Waals surface area (Å²) in [7, 11) is 0. The minimum Gasteiger partial charge on any atom is -0.508 e. The maximum atomic E-state index is 12.8. The zero-order valence-electron chi connectivity index (χ0n) is 14.9. The molecule has 2 aromatic carbocycles. The van der Waals surface area contributed by atoms with Crippen molar-refractivity contribution in [3.8, 4) is 23.0 Å². The molecule has 0 saturated carbocycles. The van der Waals surface area contributed by atoms with Gasteiger partial charge in [0.05, 0.1) is 22.8 Å². The number of aliphatic hydroxyl groups excluding tert-OH is 1. The number of benzene rings is 2. The number of hydrogen-bond acceptors (Lipinski definition) is 8. The standard InChI is InChI=1S/C20H18O8/c1-8(21)3-2-4-12(23)17-14(25)7-11-16(20(17)28)19(27)15-10(18(11)26)5-9(22)6-13(15)24/h5-7,12,22-25,28H,2-4H2,1H3. The maximum absolute atomic E-state index is 12.8. The quantitative estimate of drug-likeness (QED) is 0.447. The van der Waals surface area contributed by atoms with E-state index in [1.807, 2.05) is 0 Å². The predicted molar refractivity (Wildman–Crippen MR) is 95.9 cm³/mol. The molecule has 8 nitrogen and oxygen atoms in total. The van der Waals surface area contributed by atoms with Gasteiger partial charge in [-0.05, 0) is 31.9 Å². The molecule has 1 aliphatic carbocycles. The fourth-order valence-corrected chi connectivity index (χ4v) is 3.40. The Balaban J connectivity index is 2.11. The Hall–Kier alpha value is -3.39. The van der Waals surface area contributed by atoms with Crippen LogP contribution in [0.5, 0.6) is 23.0 Å². The fraction of sp³-hybridized carbons (Fsp3) is 0.250. The SMILES string of the molecule is CC(=O)CCCC(O)c1c(O)cc2c(c1O)C(=O)c1c(O)cc(O)cc1C2=O. The van der Waals surface area contributed by atoms with Gasteiger partial charge in [-0.2, -0.15) is 0 Å². The Labute approximate surface area is 159 Å². The Morgan fingerprint density at radius 1 is 0.929 bits per heavy atom. The van der Waals surface area contributed by atoms with E-state index >= 15 is 0 Å². The van der Waals surface area contributed by atoms with E-state index in [1.165, 1.54) is 6.92 Å². The van der Waals surface area contributed by atoms with Crippen LogP contribution in [-0.4, -0.2) is 42.9 Å². The lowest BCUT2D eigenvalue weighted by atomic mass is 9.81. The van der Waals surface area contributed by atoms with Gasteiger partial charge < -0.3 is 30.3 Å². The smallest absolute Gasteiger partial charge is 0.201 e. The summed E-state index contributed by atoms with van der Waals surface area (Å²) in [6.45, 7) is 1.40.